The predicted octanol–water partition coefficient (Wildman–Crippen LogP) is 8.47. The molecule has 0 saturated heterocycles. The molecule has 0 spiro atoms. The topological polar surface area (TPSA) is 98.2 Å². The van der Waals surface area contributed by atoms with Gasteiger partial charge in [0.25, 0.3) is 5.91 Å². The van der Waals surface area contributed by atoms with Crippen LogP contribution in [0.3, 0.4) is 0 Å². The number of hydrogen-bond donors (Lipinski definition) is 2. The molecule has 234 valence electrons. The second kappa shape index (κ2) is 13.0. The van der Waals surface area contributed by atoms with Gasteiger partial charge in [0, 0.05) is 40.0 Å². The number of amides is 1. The molecular weight excluding hydrogens is 611 g/mol. The second-order valence-electron chi connectivity index (χ2n) is 11.3. The molecule has 2 aromatic heterocycles. The normalized spacial score (nSPS) is 11.2. The van der Waals surface area contributed by atoms with Crippen LogP contribution in [0.5, 0.6) is 5.75 Å². The Kier molecular flexibility index (Phi) is 9.28. The van der Waals surface area contributed by atoms with Crippen molar-refractivity contribution in [3.8, 4) is 16.9 Å². The molecule has 0 aliphatic rings. The highest BCUT2D eigenvalue weighted by Crippen LogP contribution is 2.40. The van der Waals surface area contributed by atoms with E-state index < -0.39 is 5.97 Å². The molecule has 0 aliphatic carbocycles. The molecule has 3 aromatic carbocycles. The monoisotopic (exact) mass is 646 g/mol. The summed E-state index contributed by atoms with van der Waals surface area (Å²) in [6, 6.07) is 12.8. The first-order valence-corrected chi connectivity index (χ1v) is 15.4. The number of hydrogen-bond acceptors (Lipinski definition) is 5. The maximum atomic E-state index is 13.9. The van der Waals surface area contributed by atoms with Crippen LogP contribution in [0, 0.1) is 34.6 Å². The average molecular weight is 648 g/mol. The summed E-state index contributed by atoms with van der Waals surface area (Å²) in [5.41, 5.74) is 9.04. The average Bonchev–Trinajstić information content (AvgIpc) is 3.49. The first-order valence-electron chi connectivity index (χ1n) is 14.6. The molecule has 0 saturated carbocycles. The first kappa shape index (κ1) is 32.1. The lowest BCUT2D eigenvalue weighted by Crippen LogP contribution is -2.15. The van der Waals surface area contributed by atoms with Crippen LogP contribution in [-0.2, 0) is 18.2 Å². The van der Waals surface area contributed by atoms with Gasteiger partial charge in [0.15, 0.2) is 0 Å². The Balaban J connectivity index is 1.53. The van der Waals surface area contributed by atoms with Gasteiger partial charge >= 0.3 is 5.97 Å². The van der Waals surface area contributed by atoms with Crippen molar-refractivity contribution in [2.24, 2.45) is 7.05 Å². The van der Waals surface area contributed by atoms with Crippen LogP contribution in [0.15, 0.2) is 42.5 Å². The van der Waals surface area contributed by atoms with Crippen LogP contribution in [-0.4, -0.2) is 40.4 Å². The van der Waals surface area contributed by atoms with E-state index in [2.05, 4.69) is 15.4 Å². The van der Waals surface area contributed by atoms with Gasteiger partial charge in [0.2, 0.25) is 0 Å². The Morgan fingerprint density at radius 3 is 2.31 bits per heavy atom. The van der Waals surface area contributed by atoms with E-state index in [-0.39, 0.29) is 5.91 Å². The van der Waals surface area contributed by atoms with Crippen LogP contribution < -0.4 is 10.1 Å². The lowest BCUT2D eigenvalue weighted by atomic mass is 9.98. The second-order valence-corrected chi connectivity index (χ2v) is 12.1. The van der Waals surface area contributed by atoms with Crippen molar-refractivity contribution >= 4 is 51.7 Å². The molecular formula is C35H36Cl2N4O4. The van der Waals surface area contributed by atoms with E-state index in [9.17, 15) is 9.59 Å². The van der Waals surface area contributed by atoms with Crippen molar-refractivity contribution in [2.45, 2.75) is 47.5 Å². The van der Waals surface area contributed by atoms with Crippen molar-refractivity contribution < 1.29 is 19.1 Å². The summed E-state index contributed by atoms with van der Waals surface area (Å²) >= 11 is 13.2. The van der Waals surface area contributed by atoms with E-state index in [1.165, 1.54) is 7.11 Å². The Hall–Kier alpha value is -4.27. The number of carbonyl (C=O) groups excluding carboxylic acids is 2. The van der Waals surface area contributed by atoms with Crippen LogP contribution in [0.4, 0.5) is 5.69 Å². The number of anilines is 1. The summed E-state index contributed by atoms with van der Waals surface area (Å²) in [4.78, 5) is 29.6. The lowest BCUT2D eigenvalue weighted by Gasteiger charge is -2.11. The maximum Gasteiger partial charge on any atom is 0.338 e. The molecule has 0 unspecified atom stereocenters. The molecule has 0 radical (unpaired) electrons. The van der Waals surface area contributed by atoms with Crippen LogP contribution in [0.2, 0.25) is 10.0 Å². The number of aryl methyl sites for hydroxylation is 6. The fraction of sp³-hybridized carbons (Fsp3) is 0.286. The molecule has 10 heteroatoms. The Morgan fingerprint density at radius 2 is 1.67 bits per heavy atom. The van der Waals surface area contributed by atoms with E-state index in [4.69, 9.17) is 32.7 Å². The third-order valence-corrected chi connectivity index (χ3v) is 9.08. The number of benzene rings is 3. The van der Waals surface area contributed by atoms with Gasteiger partial charge in [-0.2, -0.15) is 5.10 Å². The summed E-state index contributed by atoms with van der Waals surface area (Å²) in [6.07, 6.45) is 1.20. The standard InChI is InChI=1S/C35H36Cl2N4O4/c1-18-10-11-23(17-27(18)35(43)44-7)38-34(42)33-25(9-8-14-45-24-15-19(2)31(37)20(3)16-24)26-12-13-28(36)30(32(26)39-33)29-21(4)40-41(6)22(29)5/h10-13,15-17,39H,8-9,14H2,1-7H3,(H,38,42). The van der Waals surface area contributed by atoms with Gasteiger partial charge < -0.3 is 19.8 Å². The quantitative estimate of drug-likeness (QED) is 0.124. The summed E-state index contributed by atoms with van der Waals surface area (Å²) < 4.78 is 12.8. The number of nitrogens with one attached hydrogen (secondary N) is 2. The zero-order valence-corrected chi connectivity index (χ0v) is 28.0. The maximum absolute atomic E-state index is 13.9. The van der Waals surface area contributed by atoms with E-state index in [1.807, 2.05) is 70.6 Å². The molecule has 0 fully saturated rings. The largest absolute Gasteiger partial charge is 0.494 e. The van der Waals surface area contributed by atoms with Gasteiger partial charge in [-0.25, -0.2) is 4.79 Å². The van der Waals surface area contributed by atoms with Gasteiger partial charge in [-0.15, -0.1) is 0 Å². The zero-order chi connectivity index (χ0) is 32.6. The summed E-state index contributed by atoms with van der Waals surface area (Å²) in [6.45, 7) is 10.1. The van der Waals surface area contributed by atoms with Crippen molar-refractivity contribution in [2.75, 3.05) is 19.0 Å². The van der Waals surface area contributed by atoms with Gasteiger partial charge in [0.1, 0.15) is 11.4 Å². The highest BCUT2D eigenvalue weighted by Gasteiger charge is 2.24. The summed E-state index contributed by atoms with van der Waals surface area (Å²) in [5.74, 6) is -0.0569. The van der Waals surface area contributed by atoms with E-state index in [0.29, 0.717) is 41.4 Å². The number of rotatable bonds is 9. The summed E-state index contributed by atoms with van der Waals surface area (Å²) in [7, 11) is 3.23. The fourth-order valence-electron chi connectivity index (χ4n) is 5.78. The number of halogens is 2. The molecule has 45 heavy (non-hydrogen) atoms. The van der Waals surface area contributed by atoms with Gasteiger partial charge in [-0.1, -0.05) is 35.3 Å². The van der Waals surface area contributed by atoms with Crippen LogP contribution in [0.1, 0.15) is 60.9 Å². The van der Waals surface area contributed by atoms with Crippen LogP contribution in [0.25, 0.3) is 22.0 Å². The minimum absolute atomic E-state index is 0.340. The minimum atomic E-state index is -0.470. The number of methoxy groups -OCH3 is 1. The van der Waals surface area contributed by atoms with Crippen molar-refractivity contribution in [3.05, 3.63) is 97.4 Å². The number of H-pyrrole nitrogens is 1. The fourth-order valence-corrected chi connectivity index (χ4v) is 6.14. The van der Waals surface area contributed by atoms with Crippen LogP contribution >= 0.6 is 23.2 Å². The molecule has 1 amide bonds. The van der Waals surface area contributed by atoms with Crippen molar-refractivity contribution in [1.29, 1.82) is 0 Å². The number of ether oxygens (including phenoxy) is 2. The molecule has 0 bridgehead atoms. The summed E-state index contributed by atoms with van der Waals surface area (Å²) in [5, 5.41) is 9.75. The molecule has 0 aliphatic heterocycles. The number of carbonyl (C=O) groups is 2. The van der Waals surface area contributed by atoms with Gasteiger partial charge in [-0.05, 0) is 100 Å². The van der Waals surface area contributed by atoms with Crippen molar-refractivity contribution in [1.82, 2.24) is 14.8 Å². The number of aromatic nitrogens is 3. The number of aromatic amines is 1. The SMILES string of the molecule is COC(=O)c1cc(NC(=O)c2[nH]c3c(-c4c(C)nn(C)c4C)c(Cl)ccc3c2CCCOc2cc(C)c(Cl)c(C)c2)ccc1C. The van der Waals surface area contributed by atoms with Gasteiger partial charge in [-0.3, -0.25) is 9.48 Å². The highest BCUT2D eigenvalue weighted by atomic mass is 35.5. The Morgan fingerprint density at radius 1 is 0.956 bits per heavy atom. The van der Waals surface area contributed by atoms with E-state index >= 15 is 0 Å². The third kappa shape index (κ3) is 6.30. The molecule has 2 N–H and O–H groups in total. The molecule has 8 nitrogen and oxygen atoms in total. The number of nitrogens with zero attached hydrogens (tertiary/aromatic N) is 2. The Bertz CT molecular complexity index is 1930. The van der Waals surface area contributed by atoms with E-state index in [0.717, 1.165) is 66.4 Å². The highest BCUT2D eigenvalue weighted by molar-refractivity contribution is 6.35. The first-order chi connectivity index (χ1) is 21.4. The molecule has 5 aromatic rings. The van der Waals surface area contributed by atoms with Crippen molar-refractivity contribution in [3.63, 3.8) is 0 Å². The third-order valence-electron chi connectivity index (χ3n) is 8.17. The van der Waals surface area contributed by atoms with E-state index in [1.54, 1.807) is 18.2 Å². The lowest BCUT2D eigenvalue weighted by molar-refractivity contribution is 0.0599. The number of esters is 1. The zero-order valence-electron chi connectivity index (χ0n) is 26.4. The molecule has 5 rings (SSSR count). The molecule has 2 heterocycles. The van der Waals surface area contributed by atoms with Gasteiger partial charge in [0.05, 0.1) is 35.5 Å². The Labute approximate surface area is 272 Å². The number of fused-ring (bicyclic) bond motifs is 1. The smallest absolute Gasteiger partial charge is 0.338 e. The minimum Gasteiger partial charge on any atom is -0.494 e. The predicted molar refractivity (Wildman–Crippen MR) is 180 cm³/mol. The molecule has 0 atom stereocenters.